The molecule has 1 saturated carbocycles. The van der Waals surface area contributed by atoms with Crippen molar-refractivity contribution in [1.29, 1.82) is 0 Å². The number of benzene rings is 1. The fourth-order valence-corrected chi connectivity index (χ4v) is 5.52. The molecule has 0 amide bonds. The van der Waals surface area contributed by atoms with Crippen molar-refractivity contribution in [2.45, 2.75) is 63.3 Å². The molecule has 0 aromatic heterocycles. The molecular weight excluding hydrogens is 334 g/mol. The molecule has 3 aliphatic heterocycles. The van der Waals surface area contributed by atoms with E-state index in [4.69, 9.17) is 18.9 Å². The Balaban J connectivity index is 1.62. The Morgan fingerprint density at radius 1 is 1.19 bits per heavy atom. The van der Waals surface area contributed by atoms with Crippen LogP contribution in [0.2, 0.25) is 0 Å². The molecule has 1 aromatic carbocycles. The Bertz CT molecular complexity index is 720. The first-order valence-corrected chi connectivity index (χ1v) is 9.56. The summed E-state index contributed by atoms with van der Waals surface area (Å²) in [4.78, 5) is 2.45. The van der Waals surface area contributed by atoms with Gasteiger partial charge in [0.05, 0.1) is 18.8 Å². The van der Waals surface area contributed by atoms with Crippen LogP contribution in [0, 0.1) is 5.92 Å². The molecule has 1 aromatic rings. The SMILES string of the molecule is CN1CC[C@@H]2CC3OC(C)(C)O[C@@H]3[C@@H](c3cc4c(cc3CO)OCO4)[C@@H]21. The van der Waals surface area contributed by atoms with Crippen molar-refractivity contribution in [1.82, 2.24) is 4.90 Å². The van der Waals surface area contributed by atoms with Gasteiger partial charge in [0.25, 0.3) is 0 Å². The van der Waals surface area contributed by atoms with Gasteiger partial charge >= 0.3 is 0 Å². The Labute approximate surface area is 154 Å². The lowest BCUT2D eigenvalue weighted by Crippen LogP contribution is -2.49. The Morgan fingerprint density at radius 3 is 2.73 bits per heavy atom. The van der Waals surface area contributed by atoms with E-state index >= 15 is 0 Å². The Morgan fingerprint density at radius 2 is 1.96 bits per heavy atom. The van der Waals surface area contributed by atoms with Crippen LogP contribution in [0.1, 0.15) is 43.7 Å². The second-order valence-electron chi connectivity index (χ2n) is 8.48. The number of aliphatic hydroxyl groups excluding tert-OH is 1. The number of nitrogens with zero attached hydrogens (tertiary/aromatic N) is 1. The van der Waals surface area contributed by atoms with Crippen LogP contribution < -0.4 is 9.47 Å². The quantitative estimate of drug-likeness (QED) is 0.872. The molecule has 2 saturated heterocycles. The molecule has 6 nitrogen and oxygen atoms in total. The minimum absolute atomic E-state index is 0.0162. The third-order valence-corrected chi connectivity index (χ3v) is 6.49. The van der Waals surface area contributed by atoms with Gasteiger partial charge in [-0.3, -0.25) is 0 Å². The first-order chi connectivity index (χ1) is 12.5. The van der Waals surface area contributed by atoms with Crippen LogP contribution in [0.25, 0.3) is 0 Å². The highest BCUT2D eigenvalue weighted by Crippen LogP contribution is 2.52. The number of likely N-dealkylation sites (tertiary alicyclic amines) is 1. The molecule has 3 fully saturated rings. The number of fused-ring (bicyclic) bond motifs is 3. The van der Waals surface area contributed by atoms with Gasteiger partial charge < -0.3 is 29.0 Å². The number of ether oxygens (including phenoxy) is 4. The van der Waals surface area contributed by atoms with Crippen LogP contribution >= 0.6 is 0 Å². The molecule has 1 unspecified atom stereocenters. The maximum atomic E-state index is 10.0. The lowest BCUT2D eigenvalue weighted by molar-refractivity contribution is -0.147. The summed E-state index contributed by atoms with van der Waals surface area (Å²) in [6.45, 7) is 5.29. The normalized spacial score (nSPS) is 37.6. The highest BCUT2D eigenvalue weighted by Gasteiger charge is 2.56. The number of hydrogen-bond donors (Lipinski definition) is 1. The van der Waals surface area contributed by atoms with Crippen molar-refractivity contribution >= 4 is 0 Å². The fourth-order valence-electron chi connectivity index (χ4n) is 5.52. The van der Waals surface area contributed by atoms with E-state index in [-0.39, 0.29) is 31.5 Å². The molecule has 3 heterocycles. The van der Waals surface area contributed by atoms with E-state index < -0.39 is 5.79 Å². The summed E-state index contributed by atoms with van der Waals surface area (Å²) < 4.78 is 23.8. The summed E-state index contributed by atoms with van der Waals surface area (Å²) in [5.41, 5.74) is 2.00. The molecule has 0 bridgehead atoms. The summed E-state index contributed by atoms with van der Waals surface area (Å²) >= 11 is 0. The zero-order chi connectivity index (χ0) is 18.1. The molecule has 6 heteroatoms. The second kappa shape index (κ2) is 5.83. The first kappa shape index (κ1) is 16.8. The van der Waals surface area contributed by atoms with E-state index in [1.54, 1.807) is 0 Å². The van der Waals surface area contributed by atoms with Crippen molar-refractivity contribution in [2.75, 3.05) is 20.4 Å². The van der Waals surface area contributed by atoms with Crippen LogP contribution in [0.4, 0.5) is 0 Å². The molecule has 1 aliphatic carbocycles. The van der Waals surface area contributed by atoms with Crippen LogP contribution in [0.5, 0.6) is 11.5 Å². The van der Waals surface area contributed by atoms with Gasteiger partial charge in [0, 0.05) is 12.0 Å². The predicted molar refractivity (Wildman–Crippen MR) is 94.2 cm³/mol. The predicted octanol–water partition coefficient (Wildman–Crippen LogP) is 2.24. The van der Waals surface area contributed by atoms with E-state index in [0.717, 1.165) is 29.8 Å². The van der Waals surface area contributed by atoms with E-state index in [1.165, 1.54) is 6.42 Å². The molecule has 26 heavy (non-hydrogen) atoms. The standard InChI is InChI=1S/C20H27NO5/c1-20(2)25-16-6-11-4-5-21(3)18(11)17(19(16)26-20)13-8-15-14(23-10-24-15)7-12(13)9-22/h7-8,11,16-19,22H,4-6,9-10H2,1-3H3/t11-,16?,17+,18-,19+/m1/s1. The number of aliphatic hydroxyl groups is 1. The molecule has 142 valence electrons. The molecule has 1 N–H and O–H groups in total. The molecule has 5 atom stereocenters. The van der Waals surface area contributed by atoms with Crippen molar-refractivity contribution in [2.24, 2.45) is 5.92 Å². The number of hydrogen-bond acceptors (Lipinski definition) is 6. The van der Waals surface area contributed by atoms with Crippen LogP contribution in [0.3, 0.4) is 0 Å². The van der Waals surface area contributed by atoms with Crippen molar-refractivity contribution in [3.63, 3.8) is 0 Å². The molecule has 0 radical (unpaired) electrons. The highest BCUT2D eigenvalue weighted by molar-refractivity contribution is 5.50. The van der Waals surface area contributed by atoms with E-state index in [2.05, 4.69) is 18.0 Å². The number of rotatable bonds is 2. The van der Waals surface area contributed by atoms with Gasteiger partial charge in [-0.05, 0) is 69.5 Å². The van der Waals surface area contributed by atoms with Gasteiger partial charge in [0.1, 0.15) is 0 Å². The minimum atomic E-state index is -0.569. The minimum Gasteiger partial charge on any atom is -0.454 e. The van der Waals surface area contributed by atoms with Gasteiger partial charge in [0.2, 0.25) is 6.79 Å². The second-order valence-corrected chi connectivity index (χ2v) is 8.48. The molecular formula is C20H27NO5. The Hall–Kier alpha value is -1.34. The largest absolute Gasteiger partial charge is 0.454 e. The van der Waals surface area contributed by atoms with Gasteiger partial charge in [-0.15, -0.1) is 0 Å². The van der Waals surface area contributed by atoms with E-state index in [1.807, 2.05) is 19.9 Å². The van der Waals surface area contributed by atoms with E-state index in [9.17, 15) is 5.11 Å². The summed E-state index contributed by atoms with van der Waals surface area (Å²) in [5.74, 6) is 1.63. The van der Waals surface area contributed by atoms with Gasteiger partial charge in [-0.25, -0.2) is 0 Å². The van der Waals surface area contributed by atoms with Crippen LogP contribution in [0.15, 0.2) is 12.1 Å². The van der Waals surface area contributed by atoms with Crippen molar-refractivity contribution < 1.29 is 24.1 Å². The molecule has 4 aliphatic rings. The van der Waals surface area contributed by atoms with E-state index in [0.29, 0.717) is 17.7 Å². The summed E-state index contributed by atoms with van der Waals surface area (Å²) in [6.07, 6.45) is 2.31. The van der Waals surface area contributed by atoms with Gasteiger partial charge in [-0.2, -0.15) is 0 Å². The highest BCUT2D eigenvalue weighted by atomic mass is 16.8. The zero-order valence-electron chi connectivity index (χ0n) is 15.6. The van der Waals surface area contributed by atoms with Crippen molar-refractivity contribution in [3.8, 4) is 11.5 Å². The molecule has 0 spiro atoms. The van der Waals surface area contributed by atoms with Crippen molar-refractivity contribution in [3.05, 3.63) is 23.3 Å². The summed E-state index contributed by atoms with van der Waals surface area (Å²) in [6, 6.07) is 4.37. The van der Waals surface area contributed by atoms with Gasteiger partial charge in [0.15, 0.2) is 17.3 Å². The average Bonchev–Trinajstić information content (AvgIpc) is 3.27. The maximum Gasteiger partial charge on any atom is 0.231 e. The maximum absolute atomic E-state index is 10.0. The topological polar surface area (TPSA) is 60.4 Å². The fraction of sp³-hybridized carbons (Fsp3) is 0.700. The summed E-state index contributed by atoms with van der Waals surface area (Å²) in [5, 5.41) is 10.0. The average molecular weight is 361 g/mol. The zero-order valence-corrected chi connectivity index (χ0v) is 15.6. The monoisotopic (exact) mass is 361 g/mol. The first-order valence-electron chi connectivity index (χ1n) is 9.56. The lowest BCUT2D eigenvalue weighted by atomic mass is 9.70. The third kappa shape index (κ3) is 2.47. The third-order valence-electron chi connectivity index (χ3n) is 6.49. The molecule has 5 rings (SSSR count). The van der Waals surface area contributed by atoms with Crippen LogP contribution in [-0.4, -0.2) is 54.4 Å². The smallest absolute Gasteiger partial charge is 0.231 e. The lowest BCUT2D eigenvalue weighted by Gasteiger charge is -2.43. The van der Waals surface area contributed by atoms with Gasteiger partial charge in [-0.1, -0.05) is 0 Å². The summed E-state index contributed by atoms with van der Waals surface area (Å²) in [7, 11) is 2.20. The number of likely N-dealkylation sites (N-methyl/N-ethyl adjacent to an activating group) is 1. The Kier molecular flexibility index (Phi) is 3.77. The van der Waals surface area contributed by atoms with Crippen LogP contribution in [-0.2, 0) is 16.1 Å².